The fraction of sp³-hybridized carbons (Fsp3) is 0.900. The Balaban J connectivity index is 0.00000280. The van der Waals surface area contributed by atoms with E-state index in [1.54, 1.807) is 19.0 Å². The number of carbonyl (C=O) groups excluding carboxylic acids is 1. The third-order valence-electron chi connectivity index (χ3n) is 6.31. The second-order valence-corrected chi connectivity index (χ2v) is 8.48. The molecule has 3 fully saturated rings. The summed E-state index contributed by atoms with van der Waals surface area (Å²) in [6.07, 6.45) is 6.24. The number of nitrogens with zero attached hydrogens (tertiary/aromatic N) is 4. The van der Waals surface area contributed by atoms with Crippen LogP contribution in [0.5, 0.6) is 0 Å². The van der Waals surface area contributed by atoms with Crippen LogP contribution in [0.15, 0.2) is 4.99 Å². The molecule has 0 bridgehead atoms. The summed E-state index contributed by atoms with van der Waals surface area (Å²) in [4.78, 5) is 23.3. The van der Waals surface area contributed by atoms with Crippen LogP contribution in [0.1, 0.15) is 39.0 Å². The average molecular weight is 507 g/mol. The Labute approximate surface area is 187 Å². The van der Waals surface area contributed by atoms with Crippen molar-refractivity contribution >= 4 is 35.8 Å². The van der Waals surface area contributed by atoms with Crippen LogP contribution in [0.25, 0.3) is 0 Å². The van der Waals surface area contributed by atoms with Gasteiger partial charge in [-0.15, -0.1) is 24.0 Å². The highest BCUT2D eigenvalue weighted by molar-refractivity contribution is 14.0. The number of ether oxygens (including phenoxy) is 1. The molecule has 2 saturated heterocycles. The minimum atomic E-state index is 0. The van der Waals surface area contributed by atoms with Crippen LogP contribution in [0, 0.1) is 5.92 Å². The minimum absolute atomic E-state index is 0. The standard InChI is InChI=1S/C20H37N5O2.HI/c1-16-6-4-5-7-18(16)22-20(21-14-19(26)23(2)3)25-9-8-17(15-25)24-10-12-27-13-11-24;/h16-18H,4-15H2,1-3H3,(H,21,22);1H. The molecule has 3 aliphatic rings. The molecule has 2 aliphatic heterocycles. The molecular weight excluding hydrogens is 469 g/mol. The lowest BCUT2D eigenvalue weighted by atomic mass is 9.86. The third kappa shape index (κ3) is 6.45. The zero-order chi connectivity index (χ0) is 19.2. The summed E-state index contributed by atoms with van der Waals surface area (Å²) in [5.41, 5.74) is 0. The Kier molecular flexibility index (Phi) is 9.76. The quantitative estimate of drug-likeness (QED) is 0.356. The molecule has 0 radical (unpaired) electrons. The van der Waals surface area contributed by atoms with Crippen molar-refractivity contribution in [2.24, 2.45) is 10.9 Å². The predicted octanol–water partition coefficient (Wildman–Crippen LogP) is 1.62. The monoisotopic (exact) mass is 507 g/mol. The number of halogens is 1. The normalized spacial score (nSPS) is 29.3. The number of carbonyl (C=O) groups is 1. The van der Waals surface area contributed by atoms with Gasteiger partial charge in [0.25, 0.3) is 0 Å². The van der Waals surface area contributed by atoms with E-state index in [-0.39, 0.29) is 36.4 Å². The molecule has 0 aromatic carbocycles. The van der Waals surface area contributed by atoms with Crippen LogP contribution >= 0.6 is 24.0 Å². The predicted molar refractivity (Wildman–Crippen MR) is 123 cm³/mol. The van der Waals surface area contributed by atoms with Crippen LogP contribution in [-0.4, -0.2) is 98.7 Å². The summed E-state index contributed by atoms with van der Waals surface area (Å²) in [6, 6.07) is 1.03. The Morgan fingerprint density at radius 1 is 1.14 bits per heavy atom. The van der Waals surface area contributed by atoms with Crippen molar-refractivity contribution in [1.29, 1.82) is 0 Å². The van der Waals surface area contributed by atoms with Crippen molar-refractivity contribution in [3.05, 3.63) is 0 Å². The summed E-state index contributed by atoms with van der Waals surface area (Å²) >= 11 is 0. The van der Waals surface area contributed by atoms with Crippen molar-refractivity contribution < 1.29 is 9.53 Å². The molecule has 0 aromatic heterocycles. The van der Waals surface area contributed by atoms with Gasteiger partial charge in [-0.2, -0.15) is 0 Å². The van der Waals surface area contributed by atoms with Gasteiger partial charge in [0.05, 0.1) is 13.2 Å². The summed E-state index contributed by atoms with van der Waals surface area (Å²) < 4.78 is 5.50. The Hall–Kier alpha value is -0.610. The molecule has 1 N–H and O–H groups in total. The van der Waals surface area contributed by atoms with Gasteiger partial charge in [-0.25, -0.2) is 4.99 Å². The molecule has 0 aromatic rings. The first-order valence-electron chi connectivity index (χ1n) is 10.6. The molecule has 1 aliphatic carbocycles. The van der Waals surface area contributed by atoms with Crippen molar-refractivity contribution in [3.8, 4) is 0 Å². The van der Waals surface area contributed by atoms with Gasteiger partial charge in [0.1, 0.15) is 6.54 Å². The van der Waals surface area contributed by atoms with Crippen LogP contribution in [0.4, 0.5) is 0 Å². The van der Waals surface area contributed by atoms with Crippen molar-refractivity contribution in [2.45, 2.75) is 51.1 Å². The second kappa shape index (κ2) is 11.5. The van der Waals surface area contributed by atoms with E-state index < -0.39 is 0 Å². The SMILES string of the molecule is CC1CCCCC1NC(=NCC(=O)N(C)C)N1CCC(N2CCOCC2)C1.I. The average Bonchev–Trinajstić information content (AvgIpc) is 3.17. The lowest BCUT2D eigenvalue weighted by molar-refractivity contribution is -0.127. The lowest BCUT2D eigenvalue weighted by Crippen LogP contribution is -2.50. The molecule has 8 heteroatoms. The van der Waals surface area contributed by atoms with Gasteiger partial charge in [0.15, 0.2) is 5.96 Å². The maximum Gasteiger partial charge on any atom is 0.243 e. The van der Waals surface area contributed by atoms with E-state index in [1.807, 2.05) is 0 Å². The number of aliphatic imine (C=N–C) groups is 1. The van der Waals surface area contributed by atoms with Crippen LogP contribution in [0.2, 0.25) is 0 Å². The molecule has 7 nitrogen and oxygen atoms in total. The second-order valence-electron chi connectivity index (χ2n) is 8.48. The summed E-state index contributed by atoms with van der Waals surface area (Å²) in [5.74, 6) is 1.64. The summed E-state index contributed by atoms with van der Waals surface area (Å²) in [7, 11) is 3.58. The Morgan fingerprint density at radius 3 is 2.54 bits per heavy atom. The number of hydrogen-bond acceptors (Lipinski definition) is 4. The van der Waals surface area contributed by atoms with E-state index in [2.05, 4.69) is 22.0 Å². The number of amides is 1. The largest absolute Gasteiger partial charge is 0.379 e. The lowest BCUT2D eigenvalue weighted by Gasteiger charge is -2.34. The first-order valence-corrected chi connectivity index (χ1v) is 10.6. The number of likely N-dealkylation sites (N-methyl/N-ethyl adjacent to an activating group) is 1. The van der Waals surface area contributed by atoms with E-state index in [1.165, 1.54) is 25.7 Å². The van der Waals surface area contributed by atoms with E-state index >= 15 is 0 Å². The molecule has 28 heavy (non-hydrogen) atoms. The molecular formula is C20H38IN5O2. The molecule has 0 spiro atoms. The van der Waals surface area contributed by atoms with Gasteiger partial charge in [-0.05, 0) is 25.2 Å². The molecule has 3 unspecified atom stereocenters. The minimum Gasteiger partial charge on any atom is -0.379 e. The van der Waals surface area contributed by atoms with E-state index in [0.29, 0.717) is 18.0 Å². The van der Waals surface area contributed by atoms with E-state index in [4.69, 9.17) is 9.73 Å². The highest BCUT2D eigenvalue weighted by Crippen LogP contribution is 2.24. The number of guanidine groups is 1. The van der Waals surface area contributed by atoms with E-state index in [9.17, 15) is 4.79 Å². The first-order chi connectivity index (χ1) is 13.0. The van der Waals surface area contributed by atoms with Gasteiger partial charge in [-0.3, -0.25) is 9.69 Å². The highest BCUT2D eigenvalue weighted by atomic mass is 127. The molecule has 2 heterocycles. The highest BCUT2D eigenvalue weighted by Gasteiger charge is 2.32. The summed E-state index contributed by atoms with van der Waals surface area (Å²) in [6.45, 7) is 8.27. The number of morpholine rings is 1. The van der Waals surface area contributed by atoms with Crippen LogP contribution in [-0.2, 0) is 9.53 Å². The smallest absolute Gasteiger partial charge is 0.243 e. The number of nitrogens with one attached hydrogen (secondary N) is 1. The van der Waals surface area contributed by atoms with E-state index in [0.717, 1.165) is 51.8 Å². The van der Waals surface area contributed by atoms with Gasteiger partial charge in [-0.1, -0.05) is 19.8 Å². The number of hydrogen-bond donors (Lipinski definition) is 1. The van der Waals surface area contributed by atoms with Crippen molar-refractivity contribution in [1.82, 2.24) is 20.0 Å². The first kappa shape index (κ1) is 23.7. The summed E-state index contributed by atoms with van der Waals surface area (Å²) in [5, 5.41) is 3.73. The third-order valence-corrected chi connectivity index (χ3v) is 6.31. The Morgan fingerprint density at radius 2 is 1.86 bits per heavy atom. The molecule has 162 valence electrons. The van der Waals surface area contributed by atoms with Crippen LogP contribution in [0.3, 0.4) is 0 Å². The molecule has 3 atom stereocenters. The maximum absolute atomic E-state index is 12.1. The maximum atomic E-state index is 12.1. The number of rotatable bonds is 4. The van der Waals surface area contributed by atoms with Crippen LogP contribution < -0.4 is 5.32 Å². The van der Waals surface area contributed by atoms with Gasteiger partial charge >= 0.3 is 0 Å². The number of likely N-dealkylation sites (tertiary alicyclic amines) is 1. The van der Waals surface area contributed by atoms with Gasteiger partial charge in [0, 0.05) is 52.4 Å². The van der Waals surface area contributed by atoms with Gasteiger partial charge in [0.2, 0.25) is 5.91 Å². The van der Waals surface area contributed by atoms with Crippen molar-refractivity contribution in [3.63, 3.8) is 0 Å². The molecule has 1 saturated carbocycles. The zero-order valence-corrected chi connectivity index (χ0v) is 20.1. The van der Waals surface area contributed by atoms with Crippen molar-refractivity contribution in [2.75, 3.05) is 60.0 Å². The zero-order valence-electron chi connectivity index (χ0n) is 17.7. The Bertz CT molecular complexity index is 525. The molecule has 3 rings (SSSR count). The molecule has 1 amide bonds. The topological polar surface area (TPSA) is 60.4 Å². The fourth-order valence-corrected chi connectivity index (χ4v) is 4.39. The fourth-order valence-electron chi connectivity index (χ4n) is 4.39. The van der Waals surface area contributed by atoms with Gasteiger partial charge < -0.3 is 19.9 Å².